The van der Waals surface area contributed by atoms with Crippen LogP contribution in [0.2, 0.25) is 5.02 Å². The van der Waals surface area contributed by atoms with Crippen LogP contribution in [0.15, 0.2) is 24.3 Å². The maximum Gasteiger partial charge on any atom is 0.270 e. The summed E-state index contributed by atoms with van der Waals surface area (Å²) in [7, 11) is 0. The zero-order chi connectivity index (χ0) is 23.4. The molecule has 4 rings (SSSR count). The predicted octanol–water partition coefficient (Wildman–Crippen LogP) is 4.69. The average molecular weight is 473 g/mol. The highest BCUT2D eigenvalue weighted by molar-refractivity contribution is 6.31. The largest absolute Gasteiger partial charge is 0.356 e. The molecule has 2 fully saturated rings. The zero-order valence-electron chi connectivity index (χ0n) is 19.9. The van der Waals surface area contributed by atoms with Crippen molar-refractivity contribution in [2.75, 3.05) is 32.7 Å². The number of halogens is 1. The summed E-state index contributed by atoms with van der Waals surface area (Å²) in [5, 5.41) is 4.76. The van der Waals surface area contributed by atoms with Crippen molar-refractivity contribution < 1.29 is 9.59 Å². The number of nitrogens with one attached hydrogen (secondary N) is 2. The molecule has 0 radical (unpaired) electrons. The number of nitrogens with zero attached hydrogens (tertiary/aromatic N) is 2. The van der Waals surface area contributed by atoms with Crippen LogP contribution in [0.1, 0.15) is 62.9 Å². The van der Waals surface area contributed by atoms with E-state index in [0.29, 0.717) is 35.8 Å². The first-order valence-corrected chi connectivity index (χ1v) is 12.9. The van der Waals surface area contributed by atoms with Crippen LogP contribution in [0, 0.1) is 11.8 Å². The first-order valence-electron chi connectivity index (χ1n) is 12.5. The highest BCUT2D eigenvalue weighted by Gasteiger charge is 2.30. The van der Waals surface area contributed by atoms with Gasteiger partial charge in [0.2, 0.25) is 5.91 Å². The van der Waals surface area contributed by atoms with Crippen molar-refractivity contribution >= 4 is 34.3 Å². The molecule has 0 saturated carbocycles. The van der Waals surface area contributed by atoms with Crippen LogP contribution in [-0.2, 0) is 4.79 Å². The Morgan fingerprint density at radius 3 is 2.70 bits per heavy atom. The van der Waals surface area contributed by atoms with E-state index in [2.05, 4.69) is 22.1 Å². The van der Waals surface area contributed by atoms with E-state index >= 15 is 0 Å². The number of hydrogen-bond acceptors (Lipinski definition) is 3. The fourth-order valence-corrected chi connectivity index (χ4v) is 5.53. The Bertz CT molecular complexity index is 966. The van der Waals surface area contributed by atoms with Gasteiger partial charge < -0.3 is 20.1 Å². The molecule has 2 atom stereocenters. The van der Waals surface area contributed by atoms with Gasteiger partial charge in [0.15, 0.2) is 0 Å². The minimum atomic E-state index is -0.0219. The second kappa shape index (κ2) is 10.9. The van der Waals surface area contributed by atoms with Crippen LogP contribution in [0.3, 0.4) is 0 Å². The number of benzene rings is 1. The summed E-state index contributed by atoms with van der Waals surface area (Å²) < 4.78 is 0. The highest BCUT2D eigenvalue weighted by atomic mass is 35.5. The van der Waals surface area contributed by atoms with Gasteiger partial charge in [0.25, 0.3) is 5.91 Å². The second-order valence-electron chi connectivity index (χ2n) is 9.86. The van der Waals surface area contributed by atoms with Crippen molar-refractivity contribution in [1.82, 2.24) is 20.1 Å². The number of rotatable bonds is 7. The number of carbonyl (C=O) groups is 2. The molecule has 2 aliphatic heterocycles. The molecule has 1 aromatic heterocycles. The summed E-state index contributed by atoms with van der Waals surface area (Å²) in [6, 6.07) is 8.12. The smallest absolute Gasteiger partial charge is 0.270 e. The summed E-state index contributed by atoms with van der Waals surface area (Å²) in [5.41, 5.74) is 1.51. The molecule has 2 amide bonds. The molecule has 2 saturated heterocycles. The Morgan fingerprint density at radius 2 is 1.94 bits per heavy atom. The number of aromatic amines is 1. The van der Waals surface area contributed by atoms with Crippen molar-refractivity contribution in [1.29, 1.82) is 0 Å². The van der Waals surface area contributed by atoms with Crippen LogP contribution >= 0.6 is 11.6 Å². The van der Waals surface area contributed by atoms with Gasteiger partial charge in [-0.3, -0.25) is 9.59 Å². The van der Waals surface area contributed by atoms with Crippen molar-refractivity contribution in [2.45, 2.75) is 58.4 Å². The Balaban J connectivity index is 1.20. The number of aromatic nitrogens is 1. The Hall–Kier alpha value is -2.05. The zero-order valence-corrected chi connectivity index (χ0v) is 20.7. The minimum Gasteiger partial charge on any atom is -0.356 e. The van der Waals surface area contributed by atoms with Crippen LogP contribution in [0.4, 0.5) is 0 Å². The number of carbonyl (C=O) groups excluding carboxylic acids is 2. The molecular weight excluding hydrogens is 436 g/mol. The molecule has 0 unspecified atom stereocenters. The van der Waals surface area contributed by atoms with Gasteiger partial charge in [0.05, 0.1) is 0 Å². The lowest BCUT2D eigenvalue weighted by molar-refractivity contribution is -0.126. The van der Waals surface area contributed by atoms with Gasteiger partial charge in [0, 0.05) is 54.1 Å². The SMILES string of the molecule is C[C@H](C(=O)NCCCN1CCCC[C@H]1C)C1CCN(C(=O)c2cc3cc(Cl)ccc3[nH]2)CC1. The fraction of sp³-hybridized carbons (Fsp3) is 0.615. The monoisotopic (exact) mass is 472 g/mol. The molecule has 33 heavy (non-hydrogen) atoms. The van der Waals surface area contributed by atoms with Gasteiger partial charge in [-0.2, -0.15) is 0 Å². The normalized spacial score (nSPS) is 21.3. The predicted molar refractivity (Wildman–Crippen MR) is 134 cm³/mol. The van der Waals surface area contributed by atoms with Gasteiger partial charge in [-0.1, -0.05) is 24.9 Å². The van der Waals surface area contributed by atoms with Gasteiger partial charge in [-0.25, -0.2) is 0 Å². The number of fused-ring (bicyclic) bond motifs is 1. The lowest BCUT2D eigenvalue weighted by Crippen LogP contribution is -2.43. The number of amides is 2. The topological polar surface area (TPSA) is 68.4 Å². The molecule has 0 bridgehead atoms. The van der Waals surface area contributed by atoms with E-state index in [1.54, 1.807) is 0 Å². The van der Waals surface area contributed by atoms with Gasteiger partial charge in [-0.15, -0.1) is 0 Å². The number of H-pyrrole nitrogens is 1. The summed E-state index contributed by atoms with van der Waals surface area (Å²) in [4.78, 5) is 33.3. The molecule has 2 aliphatic rings. The maximum atomic E-state index is 13.0. The number of likely N-dealkylation sites (tertiary alicyclic amines) is 2. The van der Waals surface area contributed by atoms with Gasteiger partial charge in [-0.05, 0) is 75.8 Å². The van der Waals surface area contributed by atoms with E-state index in [9.17, 15) is 9.59 Å². The quantitative estimate of drug-likeness (QED) is 0.574. The number of hydrogen-bond donors (Lipinski definition) is 2. The summed E-state index contributed by atoms with van der Waals surface area (Å²) in [6.07, 6.45) is 6.65. The third kappa shape index (κ3) is 5.90. The summed E-state index contributed by atoms with van der Waals surface area (Å²) in [5.74, 6) is 0.466. The molecule has 3 heterocycles. The molecule has 180 valence electrons. The first kappa shape index (κ1) is 24.1. The Morgan fingerprint density at radius 1 is 1.15 bits per heavy atom. The minimum absolute atomic E-state index is 0.0184. The third-order valence-corrected chi connectivity index (χ3v) is 7.86. The Labute approximate surface area is 202 Å². The van der Waals surface area contributed by atoms with E-state index in [1.807, 2.05) is 36.1 Å². The van der Waals surface area contributed by atoms with Crippen molar-refractivity contribution in [3.63, 3.8) is 0 Å². The lowest BCUT2D eigenvalue weighted by atomic mass is 9.84. The van der Waals surface area contributed by atoms with Crippen molar-refractivity contribution in [3.8, 4) is 0 Å². The number of piperidine rings is 2. The average Bonchev–Trinajstić information content (AvgIpc) is 3.25. The summed E-state index contributed by atoms with van der Waals surface area (Å²) in [6.45, 7) is 8.71. The summed E-state index contributed by atoms with van der Waals surface area (Å²) >= 11 is 6.06. The lowest BCUT2D eigenvalue weighted by Gasteiger charge is -2.34. The second-order valence-corrected chi connectivity index (χ2v) is 10.3. The van der Waals surface area contributed by atoms with Gasteiger partial charge >= 0.3 is 0 Å². The van der Waals surface area contributed by atoms with Crippen LogP contribution in [-0.4, -0.2) is 65.4 Å². The van der Waals surface area contributed by atoms with E-state index in [4.69, 9.17) is 11.6 Å². The van der Waals surface area contributed by atoms with E-state index in [-0.39, 0.29) is 17.7 Å². The highest BCUT2D eigenvalue weighted by Crippen LogP contribution is 2.27. The molecule has 7 heteroatoms. The molecule has 0 aliphatic carbocycles. The molecule has 6 nitrogen and oxygen atoms in total. The fourth-order valence-electron chi connectivity index (χ4n) is 5.35. The molecule has 2 aromatic rings. The molecular formula is C26H37ClN4O2. The van der Waals surface area contributed by atoms with Crippen molar-refractivity contribution in [3.05, 3.63) is 35.0 Å². The van der Waals surface area contributed by atoms with Crippen LogP contribution in [0.25, 0.3) is 10.9 Å². The van der Waals surface area contributed by atoms with E-state index < -0.39 is 0 Å². The van der Waals surface area contributed by atoms with Crippen LogP contribution < -0.4 is 5.32 Å². The maximum absolute atomic E-state index is 13.0. The first-order chi connectivity index (χ1) is 15.9. The molecule has 0 spiro atoms. The van der Waals surface area contributed by atoms with Crippen LogP contribution in [0.5, 0.6) is 0 Å². The molecule has 2 N–H and O–H groups in total. The van der Waals surface area contributed by atoms with Crippen molar-refractivity contribution in [2.24, 2.45) is 11.8 Å². The standard InChI is InChI=1S/C26H37ClN4O2/c1-18-6-3-4-12-30(18)13-5-11-28-25(32)19(2)20-9-14-31(15-10-20)26(33)24-17-21-16-22(27)7-8-23(21)29-24/h7-8,16-20,29H,3-6,9-15H2,1-2H3,(H,28,32)/t18-,19+/m1/s1. The Kier molecular flexibility index (Phi) is 7.97. The van der Waals surface area contributed by atoms with E-state index in [0.717, 1.165) is 43.3 Å². The van der Waals surface area contributed by atoms with Gasteiger partial charge in [0.1, 0.15) is 5.69 Å². The molecule has 1 aromatic carbocycles. The third-order valence-electron chi connectivity index (χ3n) is 7.62. The van der Waals surface area contributed by atoms with E-state index in [1.165, 1.54) is 25.8 Å².